The number of nitrogens with zero attached hydrogens (tertiary/aromatic N) is 2. The molecule has 5 rings (SSSR count). The van der Waals surface area contributed by atoms with Crippen LogP contribution < -0.4 is 9.34 Å². The molecule has 5 heteroatoms. The molecular weight excluding hydrogens is 595 g/mol. The Morgan fingerprint density at radius 2 is 0.723 bits per heavy atom. The lowest BCUT2D eigenvalue weighted by Crippen LogP contribution is -2.25. The van der Waals surface area contributed by atoms with Gasteiger partial charge < -0.3 is 4.89 Å². The third-order valence-corrected chi connectivity index (χ3v) is 11.6. The van der Waals surface area contributed by atoms with Gasteiger partial charge in [-0.05, 0) is 79.3 Å². The van der Waals surface area contributed by atoms with Crippen molar-refractivity contribution in [2.75, 3.05) is 9.34 Å². The highest BCUT2D eigenvalue weighted by Gasteiger charge is 2.56. The van der Waals surface area contributed by atoms with Gasteiger partial charge in [-0.3, -0.25) is 9.34 Å². The summed E-state index contributed by atoms with van der Waals surface area (Å²) >= 11 is 0. The van der Waals surface area contributed by atoms with Crippen molar-refractivity contribution in [1.82, 2.24) is 0 Å². The van der Waals surface area contributed by atoms with Crippen LogP contribution in [0.5, 0.6) is 0 Å². The van der Waals surface area contributed by atoms with Crippen LogP contribution in [0.4, 0.5) is 11.4 Å². The van der Waals surface area contributed by atoms with Crippen molar-refractivity contribution >= 4 is 19.0 Å². The first kappa shape index (κ1) is 35.0. The molecule has 4 aromatic rings. The van der Waals surface area contributed by atoms with Crippen molar-refractivity contribution in [2.24, 2.45) is 0 Å². The van der Waals surface area contributed by atoms with Crippen molar-refractivity contribution in [3.63, 3.8) is 0 Å². The lowest BCUT2D eigenvalue weighted by molar-refractivity contribution is 0.476. The van der Waals surface area contributed by atoms with Crippen molar-refractivity contribution in [2.45, 2.75) is 117 Å². The van der Waals surface area contributed by atoms with Gasteiger partial charge in [-0.1, -0.05) is 156 Å². The minimum absolute atomic E-state index is 0.154. The molecule has 1 aliphatic heterocycles. The van der Waals surface area contributed by atoms with Gasteiger partial charge >= 0.3 is 7.67 Å². The van der Waals surface area contributed by atoms with E-state index in [2.05, 4.69) is 144 Å². The zero-order valence-corrected chi connectivity index (χ0v) is 31.5. The first-order chi connectivity index (χ1) is 21.6. The Labute approximate surface area is 284 Å². The van der Waals surface area contributed by atoms with Crippen LogP contribution in [0.15, 0.2) is 97.1 Å². The van der Waals surface area contributed by atoms with Crippen molar-refractivity contribution in [1.29, 1.82) is 0 Å². The molecule has 1 N–H and O–H groups in total. The van der Waals surface area contributed by atoms with Crippen molar-refractivity contribution in [3.8, 4) is 0 Å². The second-order valence-electron chi connectivity index (χ2n) is 17.5. The fourth-order valence-corrected chi connectivity index (χ4v) is 8.69. The van der Waals surface area contributed by atoms with E-state index in [1.54, 1.807) is 0 Å². The maximum absolute atomic E-state index is 15.7. The minimum Gasteiger partial charge on any atom is -0.313 e. The standard InChI is InChI=1S/C42H55N2O2P/c1-39(2,3)31-23-32(40(4,5)6)26-35(25-31)43-37(29-19-15-13-16-20-29)38(30-21-17-14-18-22-30)44(47(43,45)46)36-27-33(41(7,8)9)24-34(28-36)42(10,11)12/h13-28,37-38H,1-12H3,(H,45,46)/t37-,38-/m1/s1. The SMILES string of the molecule is CC(C)(C)c1cc(N2[C@H](c3ccccc3)[C@@H](c3ccccc3)N(c3cc(C(C)(C)C)cc(C(C)(C)C)c3)P2(=O)O)cc(C(C)(C)C)c1. The summed E-state index contributed by atoms with van der Waals surface area (Å²) in [7, 11) is -4.27. The fraction of sp³-hybridized carbons (Fsp3) is 0.429. The summed E-state index contributed by atoms with van der Waals surface area (Å²) in [5.74, 6) is 0. The normalized spacial score (nSPS) is 18.9. The fourth-order valence-electron chi connectivity index (χ4n) is 6.48. The molecule has 47 heavy (non-hydrogen) atoms. The van der Waals surface area contributed by atoms with Gasteiger partial charge in [-0.15, -0.1) is 0 Å². The molecule has 0 amide bonds. The maximum Gasteiger partial charge on any atom is 0.395 e. The molecule has 1 fully saturated rings. The third-order valence-electron chi connectivity index (χ3n) is 9.50. The predicted octanol–water partition coefficient (Wildman–Crippen LogP) is 11.8. The van der Waals surface area contributed by atoms with Gasteiger partial charge in [-0.25, -0.2) is 4.57 Å². The van der Waals surface area contributed by atoms with Crippen LogP contribution >= 0.6 is 7.67 Å². The molecule has 0 unspecified atom stereocenters. The summed E-state index contributed by atoms with van der Waals surface area (Å²) < 4.78 is 19.4. The smallest absolute Gasteiger partial charge is 0.313 e. The highest BCUT2D eigenvalue weighted by Crippen LogP contribution is 2.70. The van der Waals surface area contributed by atoms with Gasteiger partial charge in [0.15, 0.2) is 0 Å². The number of rotatable bonds is 4. The summed E-state index contributed by atoms with van der Waals surface area (Å²) in [4.78, 5) is 12.9. The lowest BCUT2D eigenvalue weighted by Gasteiger charge is -2.34. The number of hydrogen-bond donors (Lipinski definition) is 1. The number of hydrogen-bond acceptors (Lipinski definition) is 1. The quantitative estimate of drug-likeness (QED) is 0.223. The largest absolute Gasteiger partial charge is 0.395 e. The van der Waals surface area contributed by atoms with Crippen molar-refractivity contribution < 1.29 is 9.46 Å². The first-order valence-corrected chi connectivity index (χ1v) is 18.5. The predicted molar refractivity (Wildman–Crippen MR) is 201 cm³/mol. The maximum atomic E-state index is 15.7. The minimum atomic E-state index is -4.27. The van der Waals surface area contributed by atoms with Crippen LogP contribution in [-0.4, -0.2) is 4.89 Å². The van der Waals surface area contributed by atoms with Gasteiger partial charge in [0, 0.05) is 11.4 Å². The molecule has 4 aromatic carbocycles. The molecule has 1 aliphatic rings. The molecule has 4 nitrogen and oxygen atoms in total. The van der Waals surface area contributed by atoms with Crippen LogP contribution in [-0.2, 0) is 26.2 Å². The van der Waals surface area contributed by atoms with E-state index in [1.165, 1.54) is 0 Å². The van der Waals surface area contributed by atoms with Gasteiger partial charge in [-0.2, -0.15) is 0 Å². The first-order valence-electron chi connectivity index (χ1n) is 16.9. The van der Waals surface area contributed by atoms with Crippen LogP contribution in [0.3, 0.4) is 0 Å². The summed E-state index contributed by atoms with van der Waals surface area (Å²) in [5, 5.41) is 0. The summed E-state index contributed by atoms with van der Waals surface area (Å²) in [5.41, 5.74) is 7.50. The van der Waals surface area contributed by atoms with Gasteiger partial charge in [0.2, 0.25) is 0 Å². The summed E-state index contributed by atoms with van der Waals surface area (Å²) in [6.07, 6.45) is 0. The lowest BCUT2D eigenvalue weighted by atomic mass is 9.80. The van der Waals surface area contributed by atoms with Gasteiger partial charge in [0.05, 0.1) is 12.1 Å². The van der Waals surface area contributed by atoms with Crippen molar-refractivity contribution in [3.05, 3.63) is 130 Å². The third kappa shape index (κ3) is 6.96. The van der Waals surface area contributed by atoms with E-state index in [1.807, 2.05) is 45.7 Å². The Bertz CT molecular complexity index is 1580. The Morgan fingerprint density at radius 3 is 0.957 bits per heavy atom. The second kappa shape index (κ2) is 12.0. The molecule has 0 aromatic heterocycles. The van der Waals surface area contributed by atoms with E-state index in [0.717, 1.165) is 44.8 Å². The van der Waals surface area contributed by atoms with E-state index in [4.69, 9.17) is 0 Å². The van der Waals surface area contributed by atoms with E-state index in [9.17, 15) is 4.89 Å². The molecule has 1 heterocycles. The van der Waals surface area contributed by atoms with Crippen LogP contribution in [0.25, 0.3) is 0 Å². The highest BCUT2D eigenvalue weighted by molar-refractivity contribution is 7.62. The van der Waals surface area contributed by atoms with E-state index in [0.29, 0.717) is 0 Å². The van der Waals surface area contributed by atoms with Gasteiger partial charge in [0.1, 0.15) is 0 Å². The Morgan fingerprint density at radius 1 is 0.468 bits per heavy atom. The summed E-state index contributed by atoms with van der Waals surface area (Å²) in [6.45, 7) is 26.5. The zero-order chi connectivity index (χ0) is 34.7. The number of anilines is 2. The molecule has 2 atom stereocenters. The highest BCUT2D eigenvalue weighted by atomic mass is 31.2. The van der Waals surface area contributed by atoms with E-state index in [-0.39, 0.29) is 21.7 Å². The second-order valence-corrected chi connectivity index (χ2v) is 19.3. The monoisotopic (exact) mass is 650 g/mol. The average Bonchev–Trinajstić information content (AvgIpc) is 3.22. The molecule has 0 radical (unpaired) electrons. The van der Waals surface area contributed by atoms with Crippen LogP contribution in [0, 0.1) is 0 Å². The number of benzene rings is 4. The molecule has 0 bridgehead atoms. The Hall–Kier alpha value is -3.33. The molecule has 1 saturated heterocycles. The molecule has 0 spiro atoms. The van der Waals surface area contributed by atoms with Gasteiger partial charge in [0.25, 0.3) is 0 Å². The van der Waals surface area contributed by atoms with Crippen LogP contribution in [0.1, 0.15) is 129 Å². The molecular formula is C42H55N2O2P. The van der Waals surface area contributed by atoms with Crippen LogP contribution in [0.2, 0.25) is 0 Å². The van der Waals surface area contributed by atoms with E-state index < -0.39 is 19.8 Å². The summed E-state index contributed by atoms with van der Waals surface area (Å²) in [6, 6.07) is 32.8. The Kier molecular flexibility index (Phi) is 8.91. The topological polar surface area (TPSA) is 43.8 Å². The van der Waals surface area contributed by atoms with E-state index >= 15 is 4.57 Å². The average molecular weight is 651 g/mol. The zero-order valence-electron chi connectivity index (χ0n) is 30.6. The molecule has 250 valence electrons. The molecule has 0 saturated carbocycles. The molecule has 0 aliphatic carbocycles. The Balaban J connectivity index is 1.90.